The lowest BCUT2D eigenvalue weighted by atomic mass is 9.96. The number of hydrogen-bond acceptors (Lipinski definition) is 11. The highest BCUT2D eigenvalue weighted by Gasteiger charge is 2.52. The Bertz CT molecular complexity index is 888. The van der Waals surface area contributed by atoms with Crippen molar-refractivity contribution in [2.75, 3.05) is 6.61 Å². The van der Waals surface area contributed by atoms with Crippen LogP contribution in [0.4, 0.5) is 4.79 Å². The molecule has 1 amide bonds. The SMILES string of the molecule is CC(=O)OCC1O[C@@H](OC(C)=O)C(NC(=O)OCc2ccccc2)C(OC(C)=O)[C@@H]1OC(C)=O. The third-order valence-electron chi connectivity index (χ3n) is 4.48. The number of rotatable bonds is 8. The molecule has 34 heavy (non-hydrogen) atoms. The van der Waals surface area contributed by atoms with E-state index in [-0.39, 0.29) is 6.61 Å². The minimum Gasteiger partial charge on any atom is -0.463 e. The van der Waals surface area contributed by atoms with Gasteiger partial charge in [0.05, 0.1) is 0 Å². The number of carbonyl (C=O) groups is 5. The third-order valence-corrected chi connectivity index (χ3v) is 4.48. The molecule has 1 heterocycles. The summed E-state index contributed by atoms with van der Waals surface area (Å²) in [7, 11) is 0. The molecule has 0 bridgehead atoms. The van der Waals surface area contributed by atoms with E-state index in [2.05, 4.69) is 5.32 Å². The molecule has 1 fully saturated rings. The van der Waals surface area contributed by atoms with Crippen LogP contribution in [0.5, 0.6) is 0 Å². The first-order valence-corrected chi connectivity index (χ1v) is 10.3. The van der Waals surface area contributed by atoms with Gasteiger partial charge in [0.1, 0.15) is 25.4 Å². The minimum atomic E-state index is -1.49. The molecule has 1 aromatic rings. The molecule has 0 radical (unpaired) electrons. The van der Waals surface area contributed by atoms with Gasteiger partial charge in [-0.2, -0.15) is 0 Å². The topological polar surface area (TPSA) is 153 Å². The molecule has 12 heteroatoms. The zero-order valence-corrected chi connectivity index (χ0v) is 19.2. The fourth-order valence-electron chi connectivity index (χ4n) is 3.22. The Morgan fingerprint density at radius 1 is 0.794 bits per heavy atom. The van der Waals surface area contributed by atoms with Gasteiger partial charge < -0.3 is 33.7 Å². The van der Waals surface area contributed by atoms with Crippen molar-refractivity contribution >= 4 is 30.0 Å². The fourth-order valence-corrected chi connectivity index (χ4v) is 3.22. The maximum Gasteiger partial charge on any atom is 0.408 e. The molecule has 0 aromatic heterocycles. The Hall–Kier alpha value is -3.67. The molecular formula is C22H27NO11. The van der Waals surface area contributed by atoms with E-state index in [0.717, 1.165) is 27.7 Å². The Balaban J connectivity index is 2.30. The molecule has 0 spiro atoms. The number of hydrogen-bond donors (Lipinski definition) is 1. The van der Waals surface area contributed by atoms with E-state index in [1.165, 1.54) is 0 Å². The Labute approximate surface area is 195 Å². The Morgan fingerprint density at radius 3 is 1.94 bits per heavy atom. The van der Waals surface area contributed by atoms with Crippen LogP contribution in [0.15, 0.2) is 30.3 Å². The zero-order chi connectivity index (χ0) is 25.3. The van der Waals surface area contributed by atoms with Gasteiger partial charge in [0.15, 0.2) is 12.2 Å². The average molecular weight is 481 g/mol. The fraction of sp³-hybridized carbons (Fsp3) is 0.500. The summed E-state index contributed by atoms with van der Waals surface area (Å²) in [6, 6.07) is 7.51. The first-order chi connectivity index (χ1) is 16.1. The molecular weight excluding hydrogens is 454 g/mol. The van der Waals surface area contributed by atoms with E-state index in [0.29, 0.717) is 5.56 Å². The van der Waals surface area contributed by atoms with Crippen LogP contribution < -0.4 is 5.32 Å². The minimum absolute atomic E-state index is 0.0703. The summed E-state index contributed by atoms with van der Waals surface area (Å²) in [4.78, 5) is 59.1. The molecule has 0 aliphatic carbocycles. The van der Waals surface area contributed by atoms with Crippen LogP contribution >= 0.6 is 0 Å². The van der Waals surface area contributed by atoms with Gasteiger partial charge in [-0.05, 0) is 5.56 Å². The van der Waals surface area contributed by atoms with Crippen LogP contribution in [0.2, 0.25) is 0 Å². The monoisotopic (exact) mass is 481 g/mol. The summed E-state index contributed by atoms with van der Waals surface area (Å²) in [6.07, 6.45) is -6.29. The molecule has 186 valence electrons. The van der Waals surface area contributed by atoms with Gasteiger partial charge in [0, 0.05) is 27.7 Å². The predicted molar refractivity (Wildman–Crippen MR) is 112 cm³/mol. The van der Waals surface area contributed by atoms with Crippen molar-refractivity contribution in [1.82, 2.24) is 5.32 Å². The van der Waals surface area contributed by atoms with Crippen LogP contribution in [-0.2, 0) is 54.2 Å². The number of esters is 4. The van der Waals surface area contributed by atoms with E-state index >= 15 is 0 Å². The normalized spacial score (nSPS) is 23.7. The average Bonchev–Trinajstić information content (AvgIpc) is 2.74. The highest BCUT2D eigenvalue weighted by atomic mass is 16.7. The third kappa shape index (κ3) is 8.35. The number of alkyl carbamates (subject to hydrolysis) is 1. The van der Waals surface area contributed by atoms with Gasteiger partial charge in [-0.1, -0.05) is 30.3 Å². The molecule has 1 aliphatic rings. The van der Waals surface area contributed by atoms with Crippen molar-refractivity contribution < 1.29 is 52.4 Å². The summed E-state index contributed by atoms with van der Waals surface area (Å²) in [5.41, 5.74) is 0.713. The van der Waals surface area contributed by atoms with Crippen molar-refractivity contribution in [1.29, 1.82) is 0 Å². The van der Waals surface area contributed by atoms with Crippen LogP contribution in [0.3, 0.4) is 0 Å². The second-order valence-corrected chi connectivity index (χ2v) is 7.33. The van der Waals surface area contributed by atoms with E-state index in [1.54, 1.807) is 30.3 Å². The maximum absolute atomic E-state index is 12.5. The van der Waals surface area contributed by atoms with Crippen molar-refractivity contribution in [3.63, 3.8) is 0 Å². The highest BCUT2D eigenvalue weighted by molar-refractivity contribution is 5.70. The van der Waals surface area contributed by atoms with Crippen LogP contribution in [0, 0.1) is 0 Å². The molecule has 2 rings (SSSR count). The lowest BCUT2D eigenvalue weighted by Crippen LogP contribution is -2.67. The van der Waals surface area contributed by atoms with E-state index < -0.39 is 67.2 Å². The standard InChI is InChI=1S/C22H27NO11/c1-12(24)29-11-17-19(31-13(2)25)20(32-14(3)26)18(21(34-17)33-15(4)27)23-22(28)30-10-16-8-6-5-7-9-16/h5-9,17-21H,10-11H2,1-4H3,(H,23,28)/t17?,18?,19-,20?,21-/m1/s1. The first-order valence-electron chi connectivity index (χ1n) is 10.3. The van der Waals surface area contributed by atoms with Crippen molar-refractivity contribution in [3.05, 3.63) is 35.9 Å². The number of nitrogens with one attached hydrogen (secondary N) is 1. The largest absolute Gasteiger partial charge is 0.463 e. The number of benzene rings is 1. The molecule has 1 N–H and O–H groups in total. The number of amides is 1. The highest BCUT2D eigenvalue weighted by Crippen LogP contribution is 2.28. The first kappa shape index (κ1) is 26.6. The molecule has 3 unspecified atom stereocenters. The van der Waals surface area contributed by atoms with Crippen molar-refractivity contribution in [2.45, 2.75) is 64.9 Å². The quantitative estimate of drug-likeness (QED) is 0.418. The summed E-state index contributed by atoms with van der Waals surface area (Å²) in [5, 5.41) is 2.45. The van der Waals surface area contributed by atoms with E-state index in [4.69, 9.17) is 28.4 Å². The predicted octanol–water partition coefficient (Wildman–Crippen LogP) is 0.996. The van der Waals surface area contributed by atoms with Gasteiger partial charge in [-0.25, -0.2) is 4.79 Å². The summed E-state index contributed by atoms with van der Waals surface area (Å²) in [5.74, 6) is -2.95. The van der Waals surface area contributed by atoms with Crippen LogP contribution in [-0.4, -0.2) is 67.2 Å². The molecule has 0 saturated carbocycles. The lowest BCUT2D eigenvalue weighted by molar-refractivity contribution is -0.270. The number of carbonyl (C=O) groups excluding carboxylic acids is 5. The van der Waals surface area contributed by atoms with E-state index in [9.17, 15) is 24.0 Å². The zero-order valence-electron chi connectivity index (χ0n) is 19.2. The smallest absolute Gasteiger partial charge is 0.408 e. The molecule has 5 atom stereocenters. The van der Waals surface area contributed by atoms with Gasteiger partial charge in [0.2, 0.25) is 6.29 Å². The van der Waals surface area contributed by atoms with Crippen molar-refractivity contribution in [2.24, 2.45) is 0 Å². The Kier molecular flexibility index (Phi) is 9.80. The van der Waals surface area contributed by atoms with E-state index in [1.807, 2.05) is 0 Å². The Morgan fingerprint density at radius 2 is 1.38 bits per heavy atom. The molecule has 12 nitrogen and oxygen atoms in total. The van der Waals surface area contributed by atoms with Crippen LogP contribution in [0.1, 0.15) is 33.3 Å². The molecule has 1 saturated heterocycles. The molecule has 1 aliphatic heterocycles. The van der Waals surface area contributed by atoms with Gasteiger partial charge >= 0.3 is 30.0 Å². The lowest BCUT2D eigenvalue weighted by Gasteiger charge is -2.44. The number of ether oxygens (including phenoxy) is 6. The maximum atomic E-state index is 12.5. The van der Waals surface area contributed by atoms with Crippen LogP contribution in [0.25, 0.3) is 0 Å². The van der Waals surface area contributed by atoms with Gasteiger partial charge in [0.25, 0.3) is 0 Å². The molecule has 1 aromatic carbocycles. The second kappa shape index (κ2) is 12.5. The van der Waals surface area contributed by atoms with Crippen molar-refractivity contribution in [3.8, 4) is 0 Å². The summed E-state index contributed by atoms with van der Waals surface area (Å²) < 4.78 is 31.6. The summed E-state index contributed by atoms with van der Waals surface area (Å²) in [6.45, 7) is 4.00. The second-order valence-electron chi connectivity index (χ2n) is 7.33. The van der Waals surface area contributed by atoms with Gasteiger partial charge in [-0.15, -0.1) is 0 Å². The summed E-state index contributed by atoms with van der Waals surface area (Å²) >= 11 is 0. The van der Waals surface area contributed by atoms with Gasteiger partial charge in [-0.3, -0.25) is 19.2 Å².